The van der Waals surface area contributed by atoms with Crippen LogP contribution in [0.3, 0.4) is 0 Å². The first-order chi connectivity index (χ1) is 4.91. The molecule has 0 unspecified atom stereocenters. The fraction of sp³-hybridized carbons (Fsp3) is 0. The van der Waals surface area contributed by atoms with Crippen LogP contribution in [0.1, 0.15) is 0 Å². The second-order valence-corrected chi connectivity index (χ2v) is 1.50. The van der Waals surface area contributed by atoms with E-state index in [4.69, 9.17) is 0 Å². The van der Waals surface area contributed by atoms with E-state index in [1.807, 2.05) is 18.2 Å². The molecule has 1 nitrogen and oxygen atoms in total. The summed E-state index contributed by atoms with van der Waals surface area (Å²) in [6.07, 6.45) is 6.78. The van der Waals surface area contributed by atoms with Crippen LogP contribution in [0.2, 0.25) is 0 Å². The largest absolute Gasteiger partial charge is 0.265 e. The lowest BCUT2D eigenvalue weighted by Crippen LogP contribution is -1.58. The van der Waals surface area contributed by atoms with Gasteiger partial charge in [-0.1, -0.05) is 31.4 Å². The molecule has 0 saturated carbocycles. The zero-order chi connectivity index (χ0) is 7.66. The van der Waals surface area contributed by atoms with Crippen molar-refractivity contribution in [2.75, 3.05) is 0 Å². The molecule has 0 aliphatic carbocycles. The van der Waals surface area contributed by atoms with Crippen molar-refractivity contribution in [2.45, 2.75) is 0 Å². The van der Waals surface area contributed by atoms with Crippen LogP contribution in [0, 0.1) is 0 Å². The van der Waals surface area contributed by atoms with E-state index < -0.39 is 0 Å². The summed E-state index contributed by atoms with van der Waals surface area (Å²) in [6, 6.07) is 5.72. The molecule has 1 aromatic rings. The topological polar surface area (TPSA) is 12.9 Å². The number of rotatable bonds is 1. The summed E-state index contributed by atoms with van der Waals surface area (Å²) < 4.78 is 0. The van der Waals surface area contributed by atoms with Gasteiger partial charge >= 0.3 is 0 Å². The third-order valence-electron chi connectivity index (χ3n) is 0.733. The molecule has 10 heavy (non-hydrogen) atoms. The molecule has 0 amide bonds. The predicted molar refractivity (Wildman–Crippen MR) is 44.6 cm³/mol. The first kappa shape index (κ1) is 8.63. The van der Waals surface area contributed by atoms with Gasteiger partial charge in [0.1, 0.15) is 0 Å². The van der Waals surface area contributed by atoms with Gasteiger partial charge in [0.2, 0.25) is 0 Å². The highest BCUT2D eigenvalue weighted by molar-refractivity contribution is 4.88. The Bertz CT molecular complexity index is 135. The molecule has 1 rings (SSSR count). The Morgan fingerprint density at radius 2 is 1.40 bits per heavy atom. The highest BCUT2D eigenvalue weighted by Gasteiger charge is 1.58. The number of allylic oxidation sites excluding steroid dienone is 2. The molecule has 0 saturated heterocycles. The lowest BCUT2D eigenvalue weighted by atomic mass is 10.5. The van der Waals surface area contributed by atoms with Gasteiger partial charge in [-0.25, -0.2) is 0 Å². The van der Waals surface area contributed by atoms with Crippen LogP contribution in [0.4, 0.5) is 0 Å². The summed E-state index contributed by atoms with van der Waals surface area (Å²) in [5.41, 5.74) is 0. The maximum absolute atomic E-state index is 3.78. The van der Waals surface area contributed by atoms with Crippen LogP contribution in [0.5, 0.6) is 0 Å². The van der Waals surface area contributed by atoms with Gasteiger partial charge in [0.15, 0.2) is 0 Å². The third-order valence-corrected chi connectivity index (χ3v) is 0.733. The normalized spacial score (nSPS) is 6.80. The van der Waals surface area contributed by atoms with Crippen molar-refractivity contribution in [2.24, 2.45) is 0 Å². The van der Waals surface area contributed by atoms with Crippen LogP contribution >= 0.6 is 0 Å². The SMILES string of the molecule is C=CC=C.c1ccncc1. The Labute approximate surface area is 61.7 Å². The van der Waals surface area contributed by atoms with E-state index in [1.54, 1.807) is 24.5 Å². The number of hydrogen-bond donors (Lipinski definition) is 0. The van der Waals surface area contributed by atoms with Crippen LogP contribution in [-0.4, -0.2) is 4.98 Å². The quantitative estimate of drug-likeness (QED) is 0.536. The van der Waals surface area contributed by atoms with E-state index in [1.165, 1.54) is 0 Å². The first-order valence-electron chi connectivity index (χ1n) is 3.00. The molecule has 0 radical (unpaired) electrons. The number of aromatic nitrogens is 1. The van der Waals surface area contributed by atoms with Crippen molar-refractivity contribution in [1.82, 2.24) is 4.98 Å². The van der Waals surface area contributed by atoms with Crippen LogP contribution < -0.4 is 0 Å². The van der Waals surface area contributed by atoms with E-state index in [2.05, 4.69) is 18.1 Å². The summed E-state index contributed by atoms with van der Waals surface area (Å²) in [7, 11) is 0. The second kappa shape index (κ2) is 7.63. The smallest absolute Gasteiger partial charge is 0.0267 e. The molecule has 1 heteroatoms. The highest BCUT2D eigenvalue weighted by atomic mass is 14.6. The van der Waals surface area contributed by atoms with Gasteiger partial charge in [-0.2, -0.15) is 0 Å². The number of hydrogen-bond acceptors (Lipinski definition) is 1. The van der Waals surface area contributed by atoms with Crippen molar-refractivity contribution in [3.05, 3.63) is 55.9 Å². The highest BCUT2D eigenvalue weighted by Crippen LogP contribution is 1.73. The minimum Gasteiger partial charge on any atom is -0.265 e. The van der Waals surface area contributed by atoms with Gasteiger partial charge in [-0.05, 0) is 12.1 Å². The molecule has 0 fully saturated rings. The Morgan fingerprint density at radius 1 is 0.900 bits per heavy atom. The van der Waals surface area contributed by atoms with Gasteiger partial charge in [0, 0.05) is 12.4 Å². The van der Waals surface area contributed by atoms with E-state index >= 15 is 0 Å². The van der Waals surface area contributed by atoms with Crippen molar-refractivity contribution < 1.29 is 0 Å². The molecular weight excluding hydrogens is 122 g/mol. The zero-order valence-electron chi connectivity index (χ0n) is 5.90. The average Bonchev–Trinajstić information content (AvgIpc) is 2.08. The lowest BCUT2D eigenvalue weighted by Gasteiger charge is -1.70. The van der Waals surface area contributed by atoms with E-state index in [9.17, 15) is 0 Å². The fourth-order valence-electron chi connectivity index (χ4n) is 0.313. The Hall–Kier alpha value is -1.37. The van der Waals surface area contributed by atoms with Crippen molar-refractivity contribution >= 4 is 0 Å². The van der Waals surface area contributed by atoms with Crippen LogP contribution in [0.25, 0.3) is 0 Å². The standard InChI is InChI=1S/C5H5N.C4H6/c1-2-4-6-5-3-1;1-3-4-2/h1-5H;3-4H,1-2H2. The zero-order valence-corrected chi connectivity index (χ0v) is 5.90. The number of nitrogens with zero attached hydrogens (tertiary/aromatic N) is 1. The Morgan fingerprint density at radius 3 is 1.50 bits per heavy atom. The van der Waals surface area contributed by atoms with Gasteiger partial charge in [0.05, 0.1) is 0 Å². The lowest BCUT2D eigenvalue weighted by molar-refractivity contribution is 1.33. The molecule has 0 N–H and O–H groups in total. The van der Waals surface area contributed by atoms with E-state index in [0.717, 1.165) is 0 Å². The molecule has 52 valence electrons. The molecule has 0 aliphatic rings. The maximum Gasteiger partial charge on any atom is 0.0267 e. The van der Waals surface area contributed by atoms with E-state index in [-0.39, 0.29) is 0 Å². The minimum absolute atomic E-state index is 1.64. The van der Waals surface area contributed by atoms with Crippen LogP contribution in [-0.2, 0) is 0 Å². The summed E-state index contributed by atoms with van der Waals surface area (Å²) in [5.74, 6) is 0. The van der Waals surface area contributed by atoms with Crippen molar-refractivity contribution in [1.29, 1.82) is 0 Å². The number of pyridine rings is 1. The molecule has 0 spiro atoms. The Balaban J connectivity index is 0.000000180. The van der Waals surface area contributed by atoms with Gasteiger partial charge in [0.25, 0.3) is 0 Å². The summed E-state index contributed by atoms with van der Waals surface area (Å²) in [5, 5.41) is 0. The molecule has 0 bridgehead atoms. The average molecular weight is 133 g/mol. The molecular formula is C9H11N. The minimum atomic E-state index is 1.64. The van der Waals surface area contributed by atoms with E-state index in [0.29, 0.717) is 0 Å². The van der Waals surface area contributed by atoms with Crippen molar-refractivity contribution in [3.8, 4) is 0 Å². The summed E-state index contributed by atoms with van der Waals surface area (Å²) >= 11 is 0. The molecule has 0 atom stereocenters. The Kier molecular flexibility index (Phi) is 6.58. The van der Waals surface area contributed by atoms with Gasteiger partial charge in [-0.3, -0.25) is 4.98 Å². The monoisotopic (exact) mass is 133 g/mol. The molecule has 0 aromatic carbocycles. The second-order valence-electron chi connectivity index (χ2n) is 1.50. The third kappa shape index (κ3) is 6.63. The summed E-state index contributed by atoms with van der Waals surface area (Å²) in [4.78, 5) is 3.78. The predicted octanol–water partition coefficient (Wildman–Crippen LogP) is 2.44. The maximum atomic E-state index is 3.78. The summed E-state index contributed by atoms with van der Waals surface area (Å²) in [6.45, 7) is 6.72. The molecule has 1 heterocycles. The van der Waals surface area contributed by atoms with Crippen LogP contribution in [0.15, 0.2) is 55.9 Å². The van der Waals surface area contributed by atoms with Crippen molar-refractivity contribution in [3.63, 3.8) is 0 Å². The molecule has 1 aromatic heterocycles. The van der Waals surface area contributed by atoms with Gasteiger partial charge in [-0.15, -0.1) is 0 Å². The molecule has 0 aliphatic heterocycles. The first-order valence-corrected chi connectivity index (χ1v) is 3.00. The van der Waals surface area contributed by atoms with Gasteiger partial charge < -0.3 is 0 Å². The fourth-order valence-corrected chi connectivity index (χ4v) is 0.313.